The van der Waals surface area contributed by atoms with E-state index in [1.165, 1.54) is 12.1 Å². The van der Waals surface area contributed by atoms with Crippen LogP contribution in [0.3, 0.4) is 0 Å². The van der Waals surface area contributed by atoms with Crippen molar-refractivity contribution < 1.29 is 17.7 Å². The highest BCUT2D eigenvalue weighted by Gasteiger charge is 2.35. The lowest BCUT2D eigenvalue weighted by atomic mass is 10.1. The monoisotopic (exact) mass is 361 g/mol. The summed E-state index contributed by atoms with van der Waals surface area (Å²) in [7, 11) is 0. The van der Waals surface area contributed by atoms with E-state index in [0.29, 0.717) is 17.1 Å². The molecule has 0 saturated heterocycles. The molecule has 0 radical (unpaired) electrons. The van der Waals surface area contributed by atoms with Crippen molar-refractivity contribution in [3.63, 3.8) is 0 Å². The molecule has 1 N–H and O–H groups in total. The lowest BCUT2D eigenvalue weighted by Gasteiger charge is -2.10. The van der Waals surface area contributed by atoms with Gasteiger partial charge in [-0.05, 0) is 31.0 Å². The largest absolute Gasteiger partial charge is 0.417 e. The molecule has 21 heavy (non-hydrogen) atoms. The average molecular weight is 362 g/mol. The fourth-order valence-electron chi connectivity index (χ4n) is 1.90. The van der Waals surface area contributed by atoms with Gasteiger partial charge >= 0.3 is 6.18 Å². The van der Waals surface area contributed by atoms with Gasteiger partial charge in [0.15, 0.2) is 0 Å². The van der Waals surface area contributed by atoms with Crippen LogP contribution in [0.1, 0.15) is 24.3 Å². The topological polar surface area (TPSA) is 51.0 Å². The maximum Gasteiger partial charge on any atom is 0.417 e. The SMILES string of the molecule is FC(F)(F)c1cc(Br)ccc1-c1noc(CNC2CC2)n1. The molecule has 1 aromatic heterocycles. The highest BCUT2D eigenvalue weighted by Crippen LogP contribution is 2.37. The first kappa shape index (κ1) is 14.5. The standard InChI is InChI=1S/C13H11BrF3N3O/c14-7-1-4-9(10(5-7)13(15,16)17)12-19-11(21-20-12)6-18-8-2-3-8/h1,4-5,8,18H,2-3,6H2. The van der Waals surface area contributed by atoms with Crippen LogP contribution in [0.4, 0.5) is 13.2 Å². The molecular weight excluding hydrogens is 351 g/mol. The number of aromatic nitrogens is 2. The second-order valence-corrected chi connectivity index (χ2v) is 5.77. The second-order valence-electron chi connectivity index (χ2n) is 4.85. The zero-order chi connectivity index (χ0) is 15.0. The van der Waals surface area contributed by atoms with Crippen molar-refractivity contribution in [2.75, 3.05) is 0 Å². The summed E-state index contributed by atoms with van der Waals surface area (Å²) in [5, 5.41) is 6.81. The molecule has 0 unspecified atom stereocenters. The van der Waals surface area contributed by atoms with Gasteiger partial charge in [0.25, 0.3) is 0 Å². The van der Waals surface area contributed by atoms with Gasteiger partial charge in [0.1, 0.15) is 0 Å². The summed E-state index contributed by atoms with van der Waals surface area (Å²) >= 11 is 3.04. The predicted octanol–water partition coefficient (Wildman–Crippen LogP) is 3.77. The number of alkyl halides is 3. The molecule has 8 heteroatoms. The summed E-state index contributed by atoms with van der Waals surface area (Å²) in [6.07, 6.45) is -2.27. The first-order valence-corrected chi connectivity index (χ1v) is 7.16. The maximum absolute atomic E-state index is 13.1. The van der Waals surface area contributed by atoms with E-state index < -0.39 is 11.7 Å². The third kappa shape index (κ3) is 3.44. The fourth-order valence-corrected chi connectivity index (χ4v) is 2.26. The Balaban J connectivity index is 1.88. The summed E-state index contributed by atoms with van der Waals surface area (Å²) in [5.41, 5.74) is -0.883. The van der Waals surface area contributed by atoms with Crippen molar-refractivity contribution in [1.82, 2.24) is 15.5 Å². The van der Waals surface area contributed by atoms with Crippen molar-refractivity contribution in [2.24, 2.45) is 0 Å². The quantitative estimate of drug-likeness (QED) is 0.900. The number of nitrogens with zero attached hydrogens (tertiary/aromatic N) is 2. The summed E-state index contributed by atoms with van der Waals surface area (Å²) < 4.78 is 44.5. The molecule has 0 bridgehead atoms. The van der Waals surface area contributed by atoms with Crippen molar-refractivity contribution in [2.45, 2.75) is 31.6 Å². The predicted molar refractivity (Wildman–Crippen MR) is 72.3 cm³/mol. The third-order valence-electron chi connectivity index (χ3n) is 3.12. The fraction of sp³-hybridized carbons (Fsp3) is 0.385. The zero-order valence-electron chi connectivity index (χ0n) is 10.7. The second kappa shape index (κ2) is 5.42. The van der Waals surface area contributed by atoms with Crippen LogP contribution in [0.5, 0.6) is 0 Å². The average Bonchev–Trinajstić information content (AvgIpc) is 3.13. The molecule has 1 saturated carbocycles. The minimum absolute atomic E-state index is 0.0533. The van der Waals surface area contributed by atoms with Gasteiger partial charge in [0.05, 0.1) is 12.1 Å². The van der Waals surface area contributed by atoms with Crippen LogP contribution < -0.4 is 5.32 Å². The molecule has 1 aromatic carbocycles. The number of benzene rings is 1. The first-order chi connectivity index (χ1) is 9.93. The normalized spacial score (nSPS) is 15.4. The molecule has 1 aliphatic rings. The molecular formula is C13H11BrF3N3O. The summed E-state index contributed by atoms with van der Waals surface area (Å²) in [6, 6.07) is 4.31. The van der Waals surface area contributed by atoms with Crippen LogP contribution in [0.15, 0.2) is 27.2 Å². The van der Waals surface area contributed by atoms with Gasteiger partial charge in [-0.2, -0.15) is 18.2 Å². The van der Waals surface area contributed by atoms with Gasteiger partial charge in [-0.25, -0.2) is 0 Å². The Bertz CT molecular complexity index is 652. The van der Waals surface area contributed by atoms with Crippen LogP contribution in [0.2, 0.25) is 0 Å². The lowest BCUT2D eigenvalue weighted by Crippen LogP contribution is -2.15. The van der Waals surface area contributed by atoms with Crippen LogP contribution in [-0.2, 0) is 12.7 Å². The minimum Gasteiger partial charge on any atom is -0.338 e. The van der Waals surface area contributed by atoms with Crippen LogP contribution in [-0.4, -0.2) is 16.2 Å². The molecule has 0 spiro atoms. The number of halogens is 4. The minimum atomic E-state index is -4.48. The van der Waals surface area contributed by atoms with Gasteiger partial charge in [0, 0.05) is 16.1 Å². The number of nitrogens with one attached hydrogen (secondary N) is 1. The molecule has 2 aromatic rings. The molecule has 1 aliphatic carbocycles. The molecule has 3 rings (SSSR count). The zero-order valence-corrected chi connectivity index (χ0v) is 12.3. The van der Waals surface area contributed by atoms with E-state index in [2.05, 4.69) is 31.4 Å². The Morgan fingerprint density at radius 2 is 2.10 bits per heavy atom. The highest BCUT2D eigenvalue weighted by atomic mass is 79.9. The highest BCUT2D eigenvalue weighted by molar-refractivity contribution is 9.10. The molecule has 4 nitrogen and oxygen atoms in total. The number of hydrogen-bond donors (Lipinski definition) is 1. The summed E-state index contributed by atoms with van der Waals surface area (Å²) in [4.78, 5) is 4.03. The molecule has 112 valence electrons. The Kier molecular flexibility index (Phi) is 3.75. The smallest absolute Gasteiger partial charge is 0.338 e. The summed E-state index contributed by atoms with van der Waals surface area (Å²) in [5.74, 6) is 0.232. The third-order valence-corrected chi connectivity index (χ3v) is 3.61. The van der Waals surface area contributed by atoms with E-state index in [-0.39, 0.29) is 17.3 Å². The van der Waals surface area contributed by atoms with Gasteiger partial charge in [-0.1, -0.05) is 21.1 Å². The first-order valence-electron chi connectivity index (χ1n) is 6.36. The maximum atomic E-state index is 13.1. The van der Waals surface area contributed by atoms with Crippen molar-refractivity contribution in [3.8, 4) is 11.4 Å². The van der Waals surface area contributed by atoms with Crippen LogP contribution >= 0.6 is 15.9 Å². The van der Waals surface area contributed by atoms with Crippen molar-refractivity contribution in [1.29, 1.82) is 0 Å². The summed E-state index contributed by atoms with van der Waals surface area (Å²) in [6.45, 7) is 0.371. The lowest BCUT2D eigenvalue weighted by molar-refractivity contribution is -0.137. The van der Waals surface area contributed by atoms with Gasteiger partial charge in [-0.3, -0.25) is 0 Å². The van der Waals surface area contributed by atoms with E-state index in [1.807, 2.05) is 0 Å². The van der Waals surface area contributed by atoms with Gasteiger partial charge in [-0.15, -0.1) is 0 Å². The van der Waals surface area contributed by atoms with E-state index in [4.69, 9.17) is 4.52 Å². The Labute approximate surface area is 126 Å². The van der Waals surface area contributed by atoms with Crippen LogP contribution in [0.25, 0.3) is 11.4 Å². The van der Waals surface area contributed by atoms with Crippen molar-refractivity contribution in [3.05, 3.63) is 34.1 Å². The van der Waals surface area contributed by atoms with Gasteiger partial charge in [0.2, 0.25) is 11.7 Å². The number of hydrogen-bond acceptors (Lipinski definition) is 4. The van der Waals surface area contributed by atoms with E-state index in [0.717, 1.165) is 18.9 Å². The van der Waals surface area contributed by atoms with E-state index in [9.17, 15) is 13.2 Å². The molecule has 0 aliphatic heterocycles. The Hall–Kier alpha value is -1.41. The molecule has 0 amide bonds. The van der Waals surface area contributed by atoms with E-state index >= 15 is 0 Å². The Morgan fingerprint density at radius 3 is 2.76 bits per heavy atom. The van der Waals surface area contributed by atoms with E-state index in [1.54, 1.807) is 0 Å². The Morgan fingerprint density at radius 1 is 1.33 bits per heavy atom. The molecule has 1 fully saturated rings. The molecule has 0 atom stereocenters. The molecule has 1 heterocycles. The number of rotatable bonds is 4. The van der Waals surface area contributed by atoms with Gasteiger partial charge < -0.3 is 9.84 Å². The van der Waals surface area contributed by atoms with Crippen LogP contribution in [0, 0.1) is 0 Å². The van der Waals surface area contributed by atoms with Crippen molar-refractivity contribution >= 4 is 15.9 Å².